The van der Waals surface area contributed by atoms with E-state index in [2.05, 4.69) is 0 Å². The lowest BCUT2D eigenvalue weighted by molar-refractivity contribution is 0.142. The number of hydrogen-bond donors (Lipinski definition) is 1. The van der Waals surface area contributed by atoms with Crippen LogP contribution < -0.4 is 9.64 Å². The third-order valence-electron chi connectivity index (χ3n) is 3.21. The van der Waals surface area contributed by atoms with Gasteiger partial charge >= 0.3 is 12.2 Å². The number of halogens is 1. The quantitative estimate of drug-likeness (QED) is 0.792. The first-order chi connectivity index (χ1) is 10.8. The number of rotatable bonds is 6. The van der Waals surface area contributed by atoms with Crippen LogP contribution in [0, 0.1) is 0 Å². The summed E-state index contributed by atoms with van der Waals surface area (Å²) in [6.45, 7) is 7.66. The van der Waals surface area contributed by atoms with E-state index in [1.54, 1.807) is 32.0 Å². The van der Waals surface area contributed by atoms with E-state index in [0.29, 0.717) is 23.9 Å². The third kappa shape index (κ3) is 5.32. The van der Waals surface area contributed by atoms with Gasteiger partial charge in [0.25, 0.3) is 0 Å². The monoisotopic (exact) mass is 342 g/mol. The first kappa shape index (κ1) is 19.1. The van der Waals surface area contributed by atoms with Crippen LogP contribution in [0.1, 0.15) is 27.7 Å². The predicted octanol–water partition coefficient (Wildman–Crippen LogP) is 4.03. The molecule has 0 fully saturated rings. The highest BCUT2D eigenvalue weighted by Gasteiger charge is 2.21. The minimum absolute atomic E-state index is 0.0457. The smallest absolute Gasteiger partial charge is 0.415 e. The van der Waals surface area contributed by atoms with Crippen molar-refractivity contribution in [2.45, 2.75) is 39.8 Å². The van der Waals surface area contributed by atoms with Crippen molar-refractivity contribution in [3.05, 3.63) is 24.3 Å². The van der Waals surface area contributed by atoms with Gasteiger partial charge in [0.2, 0.25) is 0 Å². The van der Waals surface area contributed by atoms with E-state index in [1.807, 2.05) is 13.8 Å². The Labute approximate surface area is 141 Å². The molecule has 1 rings (SSSR count). The summed E-state index contributed by atoms with van der Waals surface area (Å²) < 4.78 is 5.35. The molecule has 1 aromatic rings. The highest BCUT2D eigenvalue weighted by Crippen LogP contribution is 2.24. The number of ether oxygens (including phenoxy) is 1. The maximum atomic E-state index is 12.2. The van der Waals surface area contributed by atoms with E-state index < -0.39 is 12.2 Å². The number of carboxylic acid groups (broad SMARTS) is 1. The van der Waals surface area contributed by atoms with Crippen molar-refractivity contribution in [3.63, 3.8) is 0 Å². The third-order valence-corrected chi connectivity index (χ3v) is 3.38. The molecule has 6 nitrogen and oxygen atoms in total. The normalized spacial score (nSPS) is 10.7. The van der Waals surface area contributed by atoms with E-state index in [0.717, 1.165) is 0 Å². The maximum Gasteiger partial charge on any atom is 0.415 e. The summed E-state index contributed by atoms with van der Waals surface area (Å²) in [5, 5.41) is 9.30. The van der Waals surface area contributed by atoms with Crippen LogP contribution in [-0.2, 0) is 0 Å². The molecule has 0 aliphatic carbocycles. The number of hydrogen-bond acceptors (Lipinski definition) is 3. The second kappa shape index (κ2) is 8.62. The van der Waals surface area contributed by atoms with Crippen molar-refractivity contribution in [1.82, 2.24) is 4.90 Å². The zero-order chi connectivity index (χ0) is 17.6. The fourth-order valence-electron chi connectivity index (χ4n) is 2.14. The number of amides is 2. The summed E-state index contributed by atoms with van der Waals surface area (Å²) >= 11 is 5.70. The lowest BCUT2D eigenvalue weighted by Gasteiger charge is -2.26. The van der Waals surface area contributed by atoms with Crippen LogP contribution in [0.4, 0.5) is 15.3 Å². The second-order valence-corrected chi connectivity index (χ2v) is 5.97. The van der Waals surface area contributed by atoms with Crippen LogP contribution in [0.25, 0.3) is 0 Å². The molecule has 0 aliphatic heterocycles. The van der Waals surface area contributed by atoms with Crippen molar-refractivity contribution in [1.29, 1.82) is 0 Å². The first-order valence-electron chi connectivity index (χ1n) is 7.44. The Hall–Kier alpha value is -1.95. The molecule has 0 radical (unpaired) electrons. The van der Waals surface area contributed by atoms with Gasteiger partial charge in [-0.25, -0.2) is 9.59 Å². The van der Waals surface area contributed by atoms with Gasteiger partial charge in [-0.1, -0.05) is 6.07 Å². The van der Waals surface area contributed by atoms with E-state index in [9.17, 15) is 14.7 Å². The van der Waals surface area contributed by atoms with E-state index in [4.69, 9.17) is 16.3 Å². The van der Waals surface area contributed by atoms with Gasteiger partial charge < -0.3 is 14.7 Å². The van der Waals surface area contributed by atoms with Crippen LogP contribution in [0.15, 0.2) is 24.3 Å². The average Bonchev–Trinajstić information content (AvgIpc) is 2.43. The Morgan fingerprint density at radius 1 is 1.22 bits per heavy atom. The van der Waals surface area contributed by atoms with Crippen LogP contribution in [0.2, 0.25) is 0 Å². The summed E-state index contributed by atoms with van der Waals surface area (Å²) in [5.74, 6) is 0.604. The summed E-state index contributed by atoms with van der Waals surface area (Å²) in [5.41, 5.74) is 0.450. The minimum atomic E-state index is -1.06. The molecule has 0 spiro atoms. The topological polar surface area (TPSA) is 70.1 Å². The van der Waals surface area contributed by atoms with Gasteiger partial charge in [-0.3, -0.25) is 4.90 Å². The Kier molecular flexibility index (Phi) is 7.16. The van der Waals surface area contributed by atoms with Crippen molar-refractivity contribution < 1.29 is 19.4 Å². The molecule has 0 unspecified atom stereocenters. The summed E-state index contributed by atoms with van der Waals surface area (Å²) in [6.07, 6.45) is -1.57. The van der Waals surface area contributed by atoms with Crippen molar-refractivity contribution in [2.75, 3.05) is 17.3 Å². The highest BCUT2D eigenvalue weighted by atomic mass is 35.5. The largest absolute Gasteiger partial charge is 0.465 e. The van der Waals surface area contributed by atoms with E-state index in [-0.39, 0.29) is 12.1 Å². The zero-order valence-electron chi connectivity index (χ0n) is 13.8. The Bertz CT molecular complexity index is 549. The molecule has 0 atom stereocenters. The van der Waals surface area contributed by atoms with E-state index in [1.165, 1.54) is 15.9 Å². The van der Waals surface area contributed by atoms with Crippen LogP contribution in [0.5, 0.6) is 5.75 Å². The molecule has 0 aromatic heterocycles. The number of benzene rings is 1. The van der Waals surface area contributed by atoms with Gasteiger partial charge in [0, 0.05) is 30.6 Å². The van der Waals surface area contributed by atoms with Crippen LogP contribution in [-0.4, -0.2) is 46.7 Å². The summed E-state index contributed by atoms with van der Waals surface area (Å²) in [4.78, 5) is 26.3. The molecular weight excluding hydrogens is 320 g/mol. The van der Waals surface area contributed by atoms with Gasteiger partial charge in [-0.05, 0) is 39.8 Å². The zero-order valence-corrected chi connectivity index (χ0v) is 14.6. The molecule has 1 aromatic carbocycles. The van der Waals surface area contributed by atoms with Gasteiger partial charge in [-0.2, -0.15) is 0 Å². The van der Waals surface area contributed by atoms with Crippen LogP contribution >= 0.6 is 11.6 Å². The molecule has 0 heterocycles. The molecule has 128 valence electrons. The predicted molar refractivity (Wildman–Crippen MR) is 90.7 cm³/mol. The second-order valence-electron chi connectivity index (χ2n) is 5.59. The molecule has 1 N–H and O–H groups in total. The summed E-state index contributed by atoms with van der Waals surface area (Å²) in [6, 6.07) is 6.17. The lowest BCUT2D eigenvalue weighted by Crippen LogP contribution is -2.40. The molecular formula is C16H23ClN2O4. The number of anilines is 1. The molecule has 2 amide bonds. The molecule has 0 saturated carbocycles. The number of alkyl halides is 1. The van der Waals surface area contributed by atoms with Crippen molar-refractivity contribution in [2.24, 2.45) is 0 Å². The van der Waals surface area contributed by atoms with E-state index >= 15 is 0 Å². The minimum Gasteiger partial charge on any atom is -0.465 e. The summed E-state index contributed by atoms with van der Waals surface area (Å²) in [7, 11) is 0. The molecule has 0 saturated heterocycles. The number of nitrogens with zero attached hydrogens (tertiary/aromatic N) is 2. The standard InChI is InChI=1S/C16H23ClN2O4/c1-11(2)18(9-8-17)16(22)23-14-7-5-6-13(10-14)19(12(3)4)15(20)21/h5-7,10-12H,8-9H2,1-4H3,(H,20,21). The highest BCUT2D eigenvalue weighted by molar-refractivity contribution is 6.18. The van der Waals surface area contributed by atoms with Crippen molar-refractivity contribution >= 4 is 29.5 Å². The number of carbonyl (C=O) groups is 2. The Morgan fingerprint density at radius 2 is 1.87 bits per heavy atom. The average molecular weight is 343 g/mol. The molecule has 23 heavy (non-hydrogen) atoms. The van der Waals surface area contributed by atoms with Gasteiger partial charge in [0.1, 0.15) is 5.75 Å². The molecule has 0 bridgehead atoms. The van der Waals surface area contributed by atoms with Crippen molar-refractivity contribution in [3.8, 4) is 5.75 Å². The van der Waals surface area contributed by atoms with Gasteiger partial charge in [0.15, 0.2) is 0 Å². The maximum absolute atomic E-state index is 12.2. The Balaban J connectivity index is 2.96. The first-order valence-corrected chi connectivity index (χ1v) is 7.98. The lowest BCUT2D eigenvalue weighted by atomic mass is 10.2. The van der Waals surface area contributed by atoms with Gasteiger partial charge in [-0.15, -0.1) is 11.6 Å². The molecule has 7 heteroatoms. The fraction of sp³-hybridized carbons (Fsp3) is 0.500. The fourth-order valence-corrected chi connectivity index (χ4v) is 2.32. The van der Waals surface area contributed by atoms with Crippen LogP contribution in [0.3, 0.4) is 0 Å². The Morgan fingerprint density at radius 3 is 2.35 bits per heavy atom. The number of carbonyl (C=O) groups excluding carboxylic acids is 1. The van der Waals surface area contributed by atoms with Gasteiger partial charge in [0.05, 0.1) is 5.69 Å². The SMILES string of the molecule is CC(C)N(CCCl)C(=O)Oc1cccc(N(C(=O)O)C(C)C)c1. The molecule has 0 aliphatic rings.